The van der Waals surface area contributed by atoms with Crippen LogP contribution >= 0.6 is 11.6 Å². The van der Waals surface area contributed by atoms with Gasteiger partial charge in [-0.05, 0) is 48.2 Å². The van der Waals surface area contributed by atoms with Crippen LogP contribution in [0.15, 0.2) is 83.6 Å². The second-order valence-corrected chi connectivity index (χ2v) is 8.92. The van der Waals surface area contributed by atoms with Gasteiger partial charge in [-0.3, -0.25) is 4.79 Å². The monoisotopic (exact) mass is 545 g/mol. The lowest BCUT2D eigenvalue weighted by Crippen LogP contribution is -2.46. The van der Waals surface area contributed by atoms with Crippen molar-refractivity contribution in [3.05, 3.63) is 100 Å². The Morgan fingerprint density at radius 3 is 2.79 bits per heavy atom. The summed E-state index contributed by atoms with van der Waals surface area (Å²) in [5.41, 5.74) is 2.45. The Bertz CT molecular complexity index is 1470. The van der Waals surface area contributed by atoms with E-state index in [1.165, 1.54) is 6.08 Å². The van der Waals surface area contributed by atoms with E-state index >= 15 is 0 Å². The van der Waals surface area contributed by atoms with Crippen molar-refractivity contribution in [2.24, 2.45) is 0 Å². The summed E-state index contributed by atoms with van der Waals surface area (Å²) in [5.74, 6) is -0.540. The molecule has 2 aromatic rings. The van der Waals surface area contributed by atoms with Crippen LogP contribution < -0.4 is 20.7 Å². The zero-order valence-electron chi connectivity index (χ0n) is 20.8. The van der Waals surface area contributed by atoms with E-state index in [9.17, 15) is 14.4 Å². The number of anilines is 1. The van der Waals surface area contributed by atoms with E-state index in [2.05, 4.69) is 34.1 Å². The number of allylic oxidation sites excluding steroid dienone is 5. The maximum atomic E-state index is 13.5. The van der Waals surface area contributed by atoms with Gasteiger partial charge in [0.2, 0.25) is 0 Å². The number of pyridine rings is 1. The summed E-state index contributed by atoms with van der Waals surface area (Å²) in [4.78, 5) is 42.5. The fraction of sp³-hybridized carbons (Fsp3) is 0.179. The van der Waals surface area contributed by atoms with E-state index in [-0.39, 0.29) is 42.6 Å². The van der Waals surface area contributed by atoms with E-state index in [1.54, 1.807) is 42.5 Å². The minimum absolute atomic E-state index is 0.104. The van der Waals surface area contributed by atoms with Crippen molar-refractivity contribution >= 4 is 35.3 Å². The Hall–Kier alpha value is -4.88. The van der Waals surface area contributed by atoms with E-state index < -0.39 is 18.0 Å². The van der Waals surface area contributed by atoms with Gasteiger partial charge in [-0.15, -0.1) is 0 Å². The third-order valence-corrected chi connectivity index (χ3v) is 6.37. The summed E-state index contributed by atoms with van der Waals surface area (Å²) in [7, 11) is 0. The largest absolute Gasteiger partial charge is 0.480 e. The van der Waals surface area contributed by atoms with Crippen molar-refractivity contribution in [2.75, 3.05) is 11.9 Å². The molecule has 39 heavy (non-hydrogen) atoms. The van der Waals surface area contributed by atoms with Crippen molar-refractivity contribution in [1.82, 2.24) is 15.6 Å². The zero-order valence-corrected chi connectivity index (χ0v) is 21.5. The van der Waals surface area contributed by atoms with Crippen LogP contribution in [0.25, 0.3) is 0 Å². The molecule has 0 bridgehead atoms. The number of hydrogen-bond donors (Lipinski definition) is 3. The lowest BCUT2D eigenvalue weighted by Gasteiger charge is -2.29. The molecule has 0 spiro atoms. The molecule has 11 heteroatoms. The predicted octanol–water partition coefficient (Wildman–Crippen LogP) is 4.28. The van der Waals surface area contributed by atoms with Crippen molar-refractivity contribution in [2.45, 2.75) is 25.5 Å². The molecule has 1 unspecified atom stereocenters. The molecule has 0 saturated carbocycles. The first-order chi connectivity index (χ1) is 18.8. The number of amides is 3. The number of fused-ring (bicyclic) bond motifs is 1. The fourth-order valence-corrected chi connectivity index (χ4v) is 4.26. The quantitative estimate of drug-likeness (QED) is 0.315. The Labute approximate surface area is 229 Å². The normalized spacial score (nSPS) is 16.8. The lowest BCUT2D eigenvalue weighted by molar-refractivity contribution is -0.140. The molecule has 1 aromatic heterocycles. The topological polar surface area (TPSA) is 142 Å². The van der Waals surface area contributed by atoms with Crippen molar-refractivity contribution < 1.29 is 23.9 Å². The molecule has 3 heterocycles. The number of esters is 1. The number of hydrogen-bond acceptors (Lipinski definition) is 7. The number of nitriles is 1. The first-order valence-corrected chi connectivity index (χ1v) is 12.2. The van der Waals surface area contributed by atoms with Crippen LogP contribution in [0.2, 0.25) is 0 Å². The van der Waals surface area contributed by atoms with Crippen molar-refractivity contribution in [3.63, 3.8) is 0 Å². The molecule has 0 saturated heterocycles. The Morgan fingerprint density at radius 1 is 1.23 bits per heavy atom. The van der Waals surface area contributed by atoms with Gasteiger partial charge in [0.25, 0.3) is 5.91 Å². The minimum Gasteiger partial charge on any atom is -0.480 e. The molecule has 1 atom stereocenters. The highest BCUT2D eigenvalue weighted by Crippen LogP contribution is 2.33. The van der Waals surface area contributed by atoms with Crippen LogP contribution in [0.4, 0.5) is 10.6 Å². The molecule has 3 amide bonds. The third kappa shape index (κ3) is 6.34. The maximum absolute atomic E-state index is 13.5. The number of nitrogens with zero attached hydrogens (tertiary/aromatic N) is 2. The number of urea groups is 1. The third-order valence-electron chi connectivity index (χ3n) is 5.97. The predicted molar refractivity (Wildman–Crippen MR) is 143 cm³/mol. The van der Waals surface area contributed by atoms with Crippen LogP contribution in [0.5, 0.6) is 5.75 Å². The van der Waals surface area contributed by atoms with Crippen LogP contribution in [0.1, 0.15) is 35.7 Å². The number of halogens is 1. The van der Waals surface area contributed by atoms with E-state index in [0.717, 1.165) is 0 Å². The smallest absolute Gasteiger partial charge is 0.338 e. The molecule has 3 N–H and O–H groups in total. The number of ether oxygens (including phenoxy) is 2. The summed E-state index contributed by atoms with van der Waals surface area (Å²) >= 11 is 6.23. The number of carbonyl (C=O) groups excluding carboxylic acids is 3. The molecule has 198 valence electrons. The van der Waals surface area contributed by atoms with Gasteiger partial charge in [-0.2, -0.15) is 5.26 Å². The molecule has 10 nitrogen and oxygen atoms in total. The number of rotatable bonds is 9. The molecular weight excluding hydrogens is 522 g/mol. The van der Waals surface area contributed by atoms with Gasteiger partial charge in [0.05, 0.1) is 22.9 Å². The standard InChI is InChI=1S/C28H24ClN5O5/c1-3-18(19(29)4-2)8-9-20-24(27(36)39-14-17-7-5-6-16(12-17)13-30)25(34-28(37)32-20)21-10-11-22-26(31-21)33-23(35)15-38-22/h3-7,10-12,25H,1-2,8-9,14-15H2,(H,31,33,35)(H2,32,34,37)/b19-18-. The number of aromatic nitrogens is 1. The fourth-order valence-electron chi connectivity index (χ4n) is 4.08. The summed E-state index contributed by atoms with van der Waals surface area (Å²) < 4.78 is 11.0. The number of nitrogens with one attached hydrogen (secondary N) is 3. The van der Waals surface area contributed by atoms with Gasteiger partial charge in [0, 0.05) is 10.7 Å². The van der Waals surface area contributed by atoms with Crippen LogP contribution in [-0.2, 0) is 20.9 Å². The maximum Gasteiger partial charge on any atom is 0.338 e. The molecule has 4 rings (SSSR count). The van der Waals surface area contributed by atoms with Gasteiger partial charge in [-0.25, -0.2) is 14.6 Å². The Morgan fingerprint density at radius 2 is 2.05 bits per heavy atom. The second kappa shape index (κ2) is 12.1. The van der Waals surface area contributed by atoms with Crippen LogP contribution in [0, 0.1) is 11.3 Å². The molecule has 0 aliphatic carbocycles. The highest BCUT2D eigenvalue weighted by Gasteiger charge is 2.35. The van der Waals surface area contributed by atoms with Crippen LogP contribution in [-0.4, -0.2) is 29.5 Å². The van der Waals surface area contributed by atoms with Crippen molar-refractivity contribution in [3.8, 4) is 11.8 Å². The SMILES string of the molecule is C=C/C(Cl)=C(\C=C)CCC1=C(C(=O)OCc2cccc(C#N)c2)C(c2ccc3c(n2)NC(=O)CO3)NC(=O)N1. The van der Waals surface area contributed by atoms with Crippen molar-refractivity contribution in [1.29, 1.82) is 5.26 Å². The van der Waals surface area contributed by atoms with Gasteiger partial charge in [-0.1, -0.05) is 49.0 Å². The van der Waals surface area contributed by atoms with E-state index in [0.29, 0.717) is 39.6 Å². The Kier molecular flexibility index (Phi) is 8.43. The van der Waals surface area contributed by atoms with Gasteiger partial charge >= 0.3 is 12.0 Å². The highest BCUT2D eigenvalue weighted by molar-refractivity contribution is 6.31. The van der Waals surface area contributed by atoms with Gasteiger partial charge < -0.3 is 25.4 Å². The molecule has 2 aliphatic heterocycles. The molecule has 0 fully saturated rings. The van der Waals surface area contributed by atoms with Crippen LogP contribution in [0.3, 0.4) is 0 Å². The summed E-state index contributed by atoms with van der Waals surface area (Å²) in [6.07, 6.45) is 3.63. The summed E-state index contributed by atoms with van der Waals surface area (Å²) in [5, 5.41) is 17.6. The average Bonchev–Trinajstić information content (AvgIpc) is 2.95. The average molecular weight is 546 g/mol. The first-order valence-electron chi connectivity index (χ1n) is 11.9. The summed E-state index contributed by atoms with van der Waals surface area (Å²) in [6.45, 7) is 7.19. The number of benzene rings is 1. The second-order valence-electron chi connectivity index (χ2n) is 8.51. The molecule has 2 aliphatic rings. The zero-order chi connectivity index (χ0) is 27.9. The molecule has 0 radical (unpaired) electrons. The lowest BCUT2D eigenvalue weighted by atomic mass is 9.95. The minimum atomic E-state index is -0.998. The Balaban J connectivity index is 1.71. The van der Waals surface area contributed by atoms with Gasteiger partial charge in [0.15, 0.2) is 18.2 Å². The highest BCUT2D eigenvalue weighted by atomic mass is 35.5. The molecular formula is C28H24ClN5O5. The molecule has 1 aromatic carbocycles. The van der Waals surface area contributed by atoms with Gasteiger partial charge in [0.1, 0.15) is 12.6 Å². The van der Waals surface area contributed by atoms with E-state index in [1.807, 2.05) is 6.07 Å². The van der Waals surface area contributed by atoms with E-state index in [4.69, 9.17) is 26.3 Å². The first kappa shape index (κ1) is 27.2. The number of carbonyl (C=O) groups is 3. The summed E-state index contributed by atoms with van der Waals surface area (Å²) in [6, 6.07) is 10.4.